The lowest BCUT2D eigenvalue weighted by Crippen LogP contribution is -2.04. The Kier molecular flexibility index (Phi) is 16.7. The van der Waals surface area contributed by atoms with Crippen molar-refractivity contribution in [2.75, 3.05) is 19.8 Å². The molecule has 3 aromatic heterocycles. The maximum Gasteiger partial charge on any atom is 0.354 e. The van der Waals surface area contributed by atoms with Gasteiger partial charge in [-0.2, -0.15) is 0 Å². The highest BCUT2D eigenvalue weighted by molar-refractivity contribution is 5.87. The number of aromatic nitrogens is 3. The quantitative estimate of drug-likeness (QED) is 0.257. The number of aryl methyl sites for hydroxylation is 3. The van der Waals surface area contributed by atoms with Crippen LogP contribution in [0.4, 0.5) is 0 Å². The highest BCUT2D eigenvalue weighted by atomic mass is 16.5. The number of aldehydes is 1. The summed E-state index contributed by atoms with van der Waals surface area (Å²) in [6, 6.07) is 5.34. The van der Waals surface area contributed by atoms with Crippen molar-refractivity contribution in [3.63, 3.8) is 0 Å². The zero-order valence-corrected chi connectivity index (χ0v) is 25.3. The number of carbonyl (C=O) groups is 2. The lowest BCUT2D eigenvalue weighted by atomic mass is 10.2. The summed E-state index contributed by atoms with van der Waals surface area (Å²) in [6.45, 7) is 15.4. The maximum absolute atomic E-state index is 10.7. The summed E-state index contributed by atoms with van der Waals surface area (Å²) in [7, 11) is 0. The number of carboxylic acid groups (broad SMARTS) is 1. The predicted octanol–water partition coefficient (Wildman–Crippen LogP) is 5.53. The van der Waals surface area contributed by atoms with Gasteiger partial charge in [-0.3, -0.25) is 9.78 Å². The van der Waals surface area contributed by atoms with Gasteiger partial charge in [-0.15, -0.1) is 17.8 Å². The fourth-order valence-electron chi connectivity index (χ4n) is 3.04. The van der Waals surface area contributed by atoms with Gasteiger partial charge in [-0.25, -0.2) is 14.8 Å². The van der Waals surface area contributed by atoms with Crippen LogP contribution in [0.1, 0.15) is 64.1 Å². The standard InChI is InChI=1S/C12H13NO.C11H11NO3.C11H11NO2/c1-4-6-7-14-11-8-10(3)12(5-2)13-9-11;1-3-4-5-15-9-6-8(2)10(11(13)14)12-7-9;1-3-4-5-14-10-6-9(2)11(8-13)12-7-10/h5,8-9H,2,7H2,1,3H3;6-7H,5H2,1-2H3,(H,13,14);6-8H,5H2,1-2H3. The summed E-state index contributed by atoms with van der Waals surface area (Å²) in [4.78, 5) is 33.0. The van der Waals surface area contributed by atoms with E-state index in [1.165, 1.54) is 12.4 Å². The molecule has 0 aliphatic carbocycles. The number of ether oxygens (including phenoxy) is 3. The molecule has 0 aliphatic rings. The van der Waals surface area contributed by atoms with Crippen LogP contribution in [0.2, 0.25) is 0 Å². The van der Waals surface area contributed by atoms with Crippen molar-refractivity contribution in [1.29, 1.82) is 0 Å². The lowest BCUT2D eigenvalue weighted by Gasteiger charge is -2.04. The van der Waals surface area contributed by atoms with E-state index in [9.17, 15) is 9.59 Å². The van der Waals surface area contributed by atoms with E-state index in [0.717, 1.165) is 28.9 Å². The fourth-order valence-corrected chi connectivity index (χ4v) is 3.04. The van der Waals surface area contributed by atoms with Crippen LogP contribution in [0.25, 0.3) is 6.08 Å². The van der Waals surface area contributed by atoms with Crippen LogP contribution < -0.4 is 14.2 Å². The Labute approximate surface area is 253 Å². The summed E-state index contributed by atoms with van der Waals surface area (Å²) in [5.74, 6) is 17.4. The molecule has 3 rings (SSSR count). The summed E-state index contributed by atoms with van der Waals surface area (Å²) in [5, 5.41) is 8.75. The van der Waals surface area contributed by atoms with Crippen LogP contribution in [0.3, 0.4) is 0 Å². The average Bonchev–Trinajstić information content (AvgIpc) is 2.98. The second-order valence-electron chi connectivity index (χ2n) is 8.36. The van der Waals surface area contributed by atoms with Crippen molar-refractivity contribution in [2.24, 2.45) is 0 Å². The van der Waals surface area contributed by atoms with Gasteiger partial charge in [0.2, 0.25) is 0 Å². The first-order valence-corrected chi connectivity index (χ1v) is 13.0. The maximum atomic E-state index is 10.7. The van der Waals surface area contributed by atoms with Gasteiger partial charge in [-0.05, 0) is 82.5 Å². The first kappa shape index (κ1) is 35.4. The zero-order valence-electron chi connectivity index (χ0n) is 25.3. The molecule has 0 unspecified atom stereocenters. The van der Waals surface area contributed by atoms with E-state index in [1.807, 2.05) is 19.9 Å². The molecule has 1 N–H and O–H groups in total. The van der Waals surface area contributed by atoms with Crippen LogP contribution in [-0.2, 0) is 0 Å². The molecular formula is C34H35N3O6. The van der Waals surface area contributed by atoms with E-state index in [2.05, 4.69) is 57.1 Å². The van der Waals surface area contributed by atoms with Gasteiger partial charge in [-0.1, -0.05) is 24.3 Å². The van der Waals surface area contributed by atoms with Crippen molar-refractivity contribution in [2.45, 2.75) is 41.5 Å². The topological polar surface area (TPSA) is 121 Å². The van der Waals surface area contributed by atoms with E-state index >= 15 is 0 Å². The third-order valence-electron chi connectivity index (χ3n) is 5.21. The molecule has 0 bridgehead atoms. The molecular weight excluding hydrogens is 546 g/mol. The van der Waals surface area contributed by atoms with E-state index in [4.69, 9.17) is 19.3 Å². The first-order valence-electron chi connectivity index (χ1n) is 13.0. The second kappa shape index (κ2) is 20.3. The Hall–Kier alpha value is -5.59. The van der Waals surface area contributed by atoms with Crippen LogP contribution in [0, 0.1) is 56.3 Å². The summed E-state index contributed by atoms with van der Waals surface area (Å²) >= 11 is 0. The zero-order chi connectivity index (χ0) is 32.0. The number of carbonyl (C=O) groups excluding carboxylic acids is 1. The molecule has 9 heteroatoms. The number of hydrogen-bond acceptors (Lipinski definition) is 8. The number of carboxylic acids is 1. The number of nitrogens with zero attached hydrogens (tertiary/aromatic N) is 3. The molecule has 0 saturated heterocycles. The third kappa shape index (κ3) is 13.5. The van der Waals surface area contributed by atoms with Crippen LogP contribution in [-0.4, -0.2) is 52.1 Å². The number of hydrogen-bond donors (Lipinski definition) is 1. The van der Waals surface area contributed by atoms with Gasteiger partial charge in [0.1, 0.15) is 42.8 Å². The minimum Gasteiger partial charge on any atom is -0.479 e. The minimum absolute atomic E-state index is 0.0453. The predicted molar refractivity (Wildman–Crippen MR) is 166 cm³/mol. The SMILES string of the molecule is C=Cc1ncc(OCC#CC)cc1C.CC#CCOc1cnc(C(=O)O)c(C)c1.CC#CCOc1cnc(C=O)c(C)c1. The first-order chi connectivity index (χ1) is 20.7. The Bertz CT molecular complexity index is 1500. The van der Waals surface area contributed by atoms with Crippen molar-refractivity contribution in [3.8, 4) is 52.8 Å². The van der Waals surface area contributed by atoms with E-state index < -0.39 is 5.97 Å². The van der Waals surface area contributed by atoms with Crippen molar-refractivity contribution < 1.29 is 28.9 Å². The fraction of sp³-hybridized carbons (Fsp3) is 0.265. The largest absolute Gasteiger partial charge is 0.479 e. The monoisotopic (exact) mass is 581 g/mol. The molecule has 0 spiro atoms. The number of pyridine rings is 3. The summed E-state index contributed by atoms with van der Waals surface area (Å²) in [5.41, 5.74) is 3.81. The van der Waals surface area contributed by atoms with E-state index in [1.54, 1.807) is 52.1 Å². The highest BCUT2D eigenvalue weighted by Crippen LogP contribution is 2.16. The molecule has 0 aliphatic heterocycles. The number of aromatic carboxylic acids is 1. The molecule has 0 radical (unpaired) electrons. The summed E-state index contributed by atoms with van der Waals surface area (Å²) in [6.07, 6.45) is 7.04. The Morgan fingerprint density at radius 1 is 0.744 bits per heavy atom. The van der Waals surface area contributed by atoms with Gasteiger partial charge in [0.15, 0.2) is 12.0 Å². The van der Waals surface area contributed by atoms with Crippen molar-refractivity contribution >= 4 is 18.3 Å². The van der Waals surface area contributed by atoms with Gasteiger partial charge >= 0.3 is 5.97 Å². The summed E-state index contributed by atoms with van der Waals surface area (Å²) < 4.78 is 15.9. The molecule has 9 nitrogen and oxygen atoms in total. The molecule has 0 amide bonds. The minimum atomic E-state index is -1.03. The second-order valence-corrected chi connectivity index (χ2v) is 8.36. The van der Waals surface area contributed by atoms with Gasteiger partial charge in [0, 0.05) is 0 Å². The lowest BCUT2D eigenvalue weighted by molar-refractivity contribution is 0.0689. The van der Waals surface area contributed by atoms with Gasteiger partial charge < -0.3 is 19.3 Å². The van der Waals surface area contributed by atoms with E-state index in [-0.39, 0.29) is 12.3 Å². The van der Waals surface area contributed by atoms with E-state index in [0.29, 0.717) is 36.0 Å². The van der Waals surface area contributed by atoms with Crippen molar-refractivity contribution in [1.82, 2.24) is 15.0 Å². The highest BCUT2D eigenvalue weighted by Gasteiger charge is 2.09. The van der Waals surface area contributed by atoms with Crippen molar-refractivity contribution in [3.05, 3.63) is 77.1 Å². The number of rotatable bonds is 9. The van der Waals surface area contributed by atoms with Crippen LogP contribution in [0.15, 0.2) is 43.4 Å². The smallest absolute Gasteiger partial charge is 0.354 e. The molecule has 0 saturated carbocycles. The van der Waals surface area contributed by atoms with Crippen LogP contribution >= 0.6 is 0 Å². The van der Waals surface area contributed by atoms with Gasteiger partial charge in [0.25, 0.3) is 0 Å². The molecule has 0 fully saturated rings. The third-order valence-corrected chi connectivity index (χ3v) is 5.21. The molecule has 0 aromatic carbocycles. The van der Waals surface area contributed by atoms with Gasteiger partial charge in [0.05, 0.1) is 24.3 Å². The molecule has 3 heterocycles. The molecule has 222 valence electrons. The Morgan fingerprint density at radius 3 is 1.47 bits per heavy atom. The Balaban J connectivity index is 0.000000323. The molecule has 3 aromatic rings. The average molecular weight is 582 g/mol. The Morgan fingerprint density at radius 2 is 1.14 bits per heavy atom. The molecule has 43 heavy (non-hydrogen) atoms. The van der Waals surface area contributed by atoms with Crippen LogP contribution in [0.5, 0.6) is 17.2 Å². The molecule has 0 atom stereocenters. The normalized spacial score (nSPS) is 8.79.